The van der Waals surface area contributed by atoms with Gasteiger partial charge in [-0.3, -0.25) is 14.5 Å². The van der Waals surface area contributed by atoms with Crippen molar-refractivity contribution in [3.8, 4) is 11.1 Å². The predicted molar refractivity (Wildman–Crippen MR) is 199 cm³/mol. The molecule has 50 heavy (non-hydrogen) atoms. The number of pyridine rings is 1. The topological polar surface area (TPSA) is 113 Å². The van der Waals surface area contributed by atoms with Crippen molar-refractivity contribution in [3.63, 3.8) is 0 Å². The normalized spacial score (nSPS) is 18.7. The largest absolute Gasteiger partial charge is 0.381 e. The molecule has 2 aromatic carbocycles. The van der Waals surface area contributed by atoms with Crippen molar-refractivity contribution in [2.45, 2.75) is 104 Å². The predicted octanol–water partition coefficient (Wildman–Crippen LogP) is 6.04. The molecule has 266 valence electrons. The van der Waals surface area contributed by atoms with E-state index in [4.69, 9.17) is 9.72 Å². The lowest BCUT2D eigenvalue weighted by atomic mass is 9.94. The van der Waals surface area contributed by atoms with E-state index < -0.39 is 0 Å². The number of aryl methyl sites for hydroxylation is 3. The number of ketones is 1. The van der Waals surface area contributed by atoms with Crippen molar-refractivity contribution in [2.75, 3.05) is 31.6 Å². The second-order valence-electron chi connectivity index (χ2n) is 14.1. The molecule has 0 radical (unpaired) electrons. The summed E-state index contributed by atoms with van der Waals surface area (Å²) in [7, 11) is 0. The van der Waals surface area contributed by atoms with E-state index in [1.165, 1.54) is 5.56 Å². The second kappa shape index (κ2) is 16.3. The maximum atomic E-state index is 13.4. The van der Waals surface area contributed by atoms with E-state index in [-0.39, 0.29) is 30.6 Å². The van der Waals surface area contributed by atoms with Gasteiger partial charge in [0.05, 0.1) is 17.3 Å². The second-order valence-corrected chi connectivity index (χ2v) is 14.1. The minimum Gasteiger partial charge on any atom is -0.381 e. The number of Topliss-reactive ketones (excluding diaryl/α,β-unsaturated/α-hetero) is 1. The minimum absolute atomic E-state index is 0.0347. The summed E-state index contributed by atoms with van der Waals surface area (Å²) >= 11 is 0. The molecule has 2 fully saturated rings. The molecule has 0 aliphatic carbocycles. The average molecular weight is 680 g/mol. The molecular formula is C40H53N7O3. The van der Waals surface area contributed by atoms with Gasteiger partial charge in [-0.2, -0.15) is 5.10 Å². The van der Waals surface area contributed by atoms with Gasteiger partial charge in [-0.1, -0.05) is 37.3 Å². The number of ether oxygens (including phenoxy) is 1. The van der Waals surface area contributed by atoms with E-state index in [2.05, 4.69) is 84.8 Å². The first-order chi connectivity index (χ1) is 24.2. The smallest absolute Gasteiger partial charge is 0.220 e. The highest BCUT2D eigenvalue weighted by Gasteiger charge is 2.23. The number of rotatable bonds is 13. The van der Waals surface area contributed by atoms with Gasteiger partial charge in [0.25, 0.3) is 0 Å². The van der Waals surface area contributed by atoms with Gasteiger partial charge < -0.3 is 20.7 Å². The number of carbonyl (C=O) groups excluding carboxylic acids is 2. The van der Waals surface area contributed by atoms with Gasteiger partial charge in [-0.25, -0.2) is 9.67 Å². The molecule has 2 aromatic heterocycles. The van der Waals surface area contributed by atoms with Crippen molar-refractivity contribution in [1.82, 2.24) is 30.3 Å². The Hall–Kier alpha value is -4.12. The van der Waals surface area contributed by atoms with Crippen LogP contribution in [0.5, 0.6) is 0 Å². The summed E-state index contributed by atoms with van der Waals surface area (Å²) in [6, 6.07) is 15.8. The maximum absolute atomic E-state index is 13.4. The van der Waals surface area contributed by atoms with Crippen LogP contribution in [0.4, 0.5) is 5.69 Å². The monoisotopic (exact) mass is 679 g/mol. The zero-order chi connectivity index (χ0) is 35.2. The van der Waals surface area contributed by atoms with Crippen LogP contribution in [0.1, 0.15) is 86.1 Å². The SMILES string of the molecule is CCc1nc2c(cnn2CC)c(NC2CCOCC2)c1CNC(=O)CCC(=O)c1ccc(C)c(-c2cccc(CN3C[C@@H](C)N[C@@H](C)C3)c2)c1. The standard InChI is InChI=1S/C40H53N7O3/c1-6-36-34(39(44-32-15-17-50-18-16-32)35-22-42-47(7-2)40(35)45-36)21-41-38(49)14-13-37(48)31-12-11-26(3)33(20-31)30-10-8-9-29(19-30)25-46-23-27(4)43-28(5)24-46/h8-12,19-20,22,27-28,32,43H,6-7,13-18,21,23-25H2,1-5H3,(H,41,49)(H,44,45)/t27-,28+. The van der Waals surface area contributed by atoms with Crippen molar-refractivity contribution >= 4 is 28.4 Å². The molecular weight excluding hydrogens is 626 g/mol. The fourth-order valence-corrected chi connectivity index (χ4v) is 7.52. The molecule has 4 aromatic rings. The molecule has 0 unspecified atom stereocenters. The summed E-state index contributed by atoms with van der Waals surface area (Å²) < 4.78 is 7.51. The molecule has 2 aliphatic heterocycles. The van der Waals surface area contributed by atoms with Crippen LogP contribution in [0.3, 0.4) is 0 Å². The first-order valence-electron chi connectivity index (χ1n) is 18.4. The number of aromatic nitrogens is 3. The Kier molecular flexibility index (Phi) is 11.6. The van der Waals surface area contributed by atoms with Gasteiger partial charge in [0.1, 0.15) is 0 Å². The number of nitrogens with zero attached hydrogens (tertiary/aromatic N) is 4. The first kappa shape index (κ1) is 35.7. The van der Waals surface area contributed by atoms with Crippen molar-refractivity contribution in [2.24, 2.45) is 0 Å². The summed E-state index contributed by atoms with van der Waals surface area (Å²) in [6.07, 6.45) is 4.69. The van der Waals surface area contributed by atoms with Gasteiger partial charge in [0, 0.05) is 93.7 Å². The zero-order valence-corrected chi connectivity index (χ0v) is 30.3. The zero-order valence-electron chi connectivity index (χ0n) is 30.3. The summed E-state index contributed by atoms with van der Waals surface area (Å²) in [5, 5.41) is 16.0. The Morgan fingerprint density at radius 3 is 2.54 bits per heavy atom. The van der Waals surface area contributed by atoms with Gasteiger partial charge >= 0.3 is 0 Å². The van der Waals surface area contributed by atoms with Crippen molar-refractivity contribution in [3.05, 3.63) is 76.6 Å². The van der Waals surface area contributed by atoms with Gasteiger partial charge in [0.2, 0.25) is 5.91 Å². The fraction of sp³-hybridized carbons (Fsp3) is 0.500. The van der Waals surface area contributed by atoms with Crippen molar-refractivity contribution in [1.29, 1.82) is 0 Å². The number of amides is 1. The fourth-order valence-electron chi connectivity index (χ4n) is 7.52. The quantitative estimate of drug-likeness (QED) is 0.147. The van der Waals surface area contributed by atoms with Crippen LogP contribution in [-0.4, -0.2) is 75.8 Å². The molecule has 2 saturated heterocycles. The van der Waals surface area contributed by atoms with Crippen LogP contribution in [-0.2, 0) is 35.6 Å². The van der Waals surface area contributed by atoms with E-state index >= 15 is 0 Å². The van der Waals surface area contributed by atoms with Crippen LogP contribution in [0.25, 0.3) is 22.2 Å². The molecule has 1 amide bonds. The minimum atomic E-state index is -0.154. The lowest BCUT2D eigenvalue weighted by Gasteiger charge is -2.36. The lowest BCUT2D eigenvalue weighted by Crippen LogP contribution is -2.53. The van der Waals surface area contributed by atoms with Crippen LogP contribution in [0.15, 0.2) is 48.7 Å². The van der Waals surface area contributed by atoms with E-state index in [0.29, 0.717) is 24.2 Å². The molecule has 4 heterocycles. The third-order valence-corrected chi connectivity index (χ3v) is 10.1. The molecule has 0 bridgehead atoms. The summed E-state index contributed by atoms with van der Waals surface area (Å²) in [6.45, 7) is 16.2. The number of fused-ring (bicyclic) bond motifs is 1. The van der Waals surface area contributed by atoms with Crippen molar-refractivity contribution < 1.29 is 14.3 Å². The number of anilines is 1. The third-order valence-electron chi connectivity index (χ3n) is 10.1. The number of hydrogen-bond donors (Lipinski definition) is 3. The van der Waals surface area contributed by atoms with E-state index in [1.54, 1.807) is 0 Å². The van der Waals surface area contributed by atoms with Crippen LogP contribution < -0.4 is 16.0 Å². The maximum Gasteiger partial charge on any atom is 0.220 e. The summed E-state index contributed by atoms with van der Waals surface area (Å²) in [4.78, 5) is 34.1. The number of piperazine rings is 1. The molecule has 2 atom stereocenters. The first-order valence-corrected chi connectivity index (χ1v) is 18.4. The number of nitrogens with one attached hydrogen (secondary N) is 3. The molecule has 0 saturated carbocycles. The van der Waals surface area contributed by atoms with Crippen LogP contribution in [0.2, 0.25) is 0 Å². The Balaban J connectivity index is 1.11. The molecule has 2 aliphatic rings. The number of hydrogen-bond acceptors (Lipinski definition) is 8. The average Bonchev–Trinajstić information content (AvgIpc) is 3.53. The lowest BCUT2D eigenvalue weighted by molar-refractivity contribution is -0.121. The molecule has 10 heteroatoms. The highest BCUT2D eigenvalue weighted by atomic mass is 16.5. The third kappa shape index (κ3) is 8.42. The Morgan fingerprint density at radius 1 is 1.02 bits per heavy atom. The van der Waals surface area contributed by atoms with E-state index in [0.717, 1.165) is 103 Å². The van der Waals surface area contributed by atoms with Gasteiger partial charge in [-0.05, 0) is 81.3 Å². The summed E-state index contributed by atoms with van der Waals surface area (Å²) in [5.41, 5.74) is 8.93. The van der Waals surface area contributed by atoms with E-state index in [1.807, 2.05) is 29.1 Å². The number of benzene rings is 2. The summed E-state index contributed by atoms with van der Waals surface area (Å²) in [5.74, 6) is -0.189. The Morgan fingerprint density at radius 2 is 1.80 bits per heavy atom. The van der Waals surface area contributed by atoms with E-state index in [9.17, 15) is 9.59 Å². The Bertz CT molecular complexity index is 1800. The molecule has 6 rings (SSSR count). The van der Waals surface area contributed by atoms with Crippen LogP contribution >= 0.6 is 0 Å². The number of carbonyl (C=O) groups is 2. The highest BCUT2D eigenvalue weighted by molar-refractivity contribution is 5.99. The Labute approximate surface area is 296 Å². The highest BCUT2D eigenvalue weighted by Crippen LogP contribution is 2.32. The van der Waals surface area contributed by atoms with Crippen LogP contribution in [0, 0.1) is 6.92 Å². The molecule has 3 N–H and O–H groups in total. The van der Waals surface area contributed by atoms with Gasteiger partial charge in [-0.15, -0.1) is 0 Å². The molecule has 0 spiro atoms. The molecule has 10 nitrogen and oxygen atoms in total. The van der Waals surface area contributed by atoms with Gasteiger partial charge in [0.15, 0.2) is 11.4 Å².